The second-order valence-corrected chi connectivity index (χ2v) is 4.43. The first-order valence-corrected chi connectivity index (χ1v) is 4.71. The van der Waals surface area contributed by atoms with Crippen molar-refractivity contribution in [2.24, 2.45) is 17.0 Å². The van der Waals surface area contributed by atoms with Crippen molar-refractivity contribution in [3.8, 4) is 0 Å². The highest BCUT2D eigenvalue weighted by molar-refractivity contribution is 9.09. The fourth-order valence-corrected chi connectivity index (χ4v) is 3.34. The third-order valence-corrected chi connectivity index (χ3v) is 4.18. The van der Waals surface area contributed by atoms with Gasteiger partial charge in [-0.3, -0.25) is 0 Å². The molecule has 56 valence electrons. The lowest BCUT2D eigenvalue weighted by atomic mass is 9.96. The Hall–Kier alpha value is 0.0800. The van der Waals surface area contributed by atoms with Gasteiger partial charge in [-0.15, -0.1) is 0 Å². The molecular formula is C7H10BrNO. The van der Waals surface area contributed by atoms with Gasteiger partial charge in [-0.25, -0.2) is 0 Å². The maximum atomic E-state index is 10.3. The molecule has 2 fully saturated rings. The van der Waals surface area contributed by atoms with E-state index in [0.29, 0.717) is 10.7 Å². The number of nitrogens with zero attached hydrogens (tertiary/aromatic N) is 1. The number of fused-ring (bicyclic) bond motifs is 2. The first-order chi connectivity index (χ1) is 4.83. The van der Waals surface area contributed by atoms with Crippen molar-refractivity contribution in [2.75, 3.05) is 0 Å². The van der Waals surface area contributed by atoms with E-state index in [4.69, 9.17) is 0 Å². The van der Waals surface area contributed by atoms with Crippen LogP contribution in [0.3, 0.4) is 0 Å². The summed E-state index contributed by atoms with van der Waals surface area (Å²) in [4.78, 5) is 10.7. The van der Waals surface area contributed by atoms with E-state index in [9.17, 15) is 4.91 Å². The van der Waals surface area contributed by atoms with E-state index in [2.05, 4.69) is 21.1 Å². The van der Waals surface area contributed by atoms with E-state index >= 15 is 0 Å². The van der Waals surface area contributed by atoms with Gasteiger partial charge in [-0.1, -0.05) is 21.1 Å². The summed E-state index contributed by atoms with van der Waals surface area (Å²) < 4.78 is 0. The van der Waals surface area contributed by atoms with Gasteiger partial charge in [-0.05, 0) is 31.1 Å². The topological polar surface area (TPSA) is 29.4 Å². The van der Waals surface area contributed by atoms with E-state index in [1.807, 2.05) is 0 Å². The molecule has 2 rings (SSSR count). The summed E-state index contributed by atoms with van der Waals surface area (Å²) in [5, 5.41) is 3.15. The van der Waals surface area contributed by atoms with E-state index in [1.54, 1.807) is 0 Å². The minimum Gasteiger partial charge on any atom is -0.150 e. The molecule has 2 aliphatic carbocycles. The number of nitroso groups, excluding NO2 is 1. The van der Waals surface area contributed by atoms with Crippen molar-refractivity contribution in [3.05, 3.63) is 4.91 Å². The molecule has 2 saturated carbocycles. The van der Waals surface area contributed by atoms with Gasteiger partial charge in [0, 0.05) is 4.83 Å². The molecule has 2 aliphatic rings. The molecule has 0 aromatic heterocycles. The van der Waals surface area contributed by atoms with Crippen LogP contribution in [-0.2, 0) is 0 Å². The van der Waals surface area contributed by atoms with E-state index < -0.39 is 0 Å². The molecule has 0 aliphatic heterocycles. The normalized spacial score (nSPS) is 51.7. The standard InChI is InChI=1S/C7H10BrNO/c8-6-4-1-2-5(3-4)7(6)9-10/h4-7H,1-3H2/t4-,5-,6-,7+/m1/s1. The number of alkyl halides is 1. The Balaban J connectivity index is 2.16. The molecule has 0 aromatic carbocycles. The average molecular weight is 204 g/mol. The Bertz CT molecular complexity index is 160. The molecule has 0 saturated heterocycles. The fraction of sp³-hybridized carbons (Fsp3) is 1.00. The summed E-state index contributed by atoms with van der Waals surface area (Å²) >= 11 is 3.53. The Morgan fingerprint density at radius 3 is 2.40 bits per heavy atom. The predicted molar refractivity (Wildman–Crippen MR) is 43.1 cm³/mol. The molecule has 0 N–H and O–H groups in total. The van der Waals surface area contributed by atoms with Crippen LogP contribution in [0.15, 0.2) is 5.18 Å². The summed E-state index contributed by atoms with van der Waals surface area (Å²) in [5.41, 5.74) is 0. The molecule has 4 atom stereocenters. The first-order valence-electron chi connectivity index (χ1n) is 3.79. The van der Waals surface area contributed by atoms with Crippen molar-refractivity contribution < 1.29 is 0 Å². The second kappa shape index (κ2) is 2.29. The molecule has 0 heterocycles. The van der Waals surface area contributed by atoms with Crippen LogP contribution in [0.4, 0.5) is 0 Å². The highest BCUT2D eigenvalue weighted by Gasteiger charge is 2.47. The molecule has 2 nitrogen and oxygen atoms in total. The highest BCUT2D eigenvalue weighted by Crippen LogP contribution is 2.49. The van der Waals surface area contributed by atoms with Crippen molar-refractivity contribution in [1.82, 2.24) is 0 Å². The minimum atomic E-state index is 0.0822. The van der Waals surface area contributed by atoms with Gasteiger partial charge in [0.05, 0.1) is 0 Å². The zero-order chi connectivity index (χ0) is 7.14. The lowest BCUT2D eigenvalue weighted by Crippen LogP contribution is -2.25. The molecule has 0 spiro atoms. The lowest BCUT2D eigenvalue weighted by molar-refractivity contribution is 0.433. The zero-order valence-electron chi connectivity index (χ0n) is 5.66. The molecule has 0 amide bonds. The number of hydrogen-bond acceptors (Lipinski definition) is 2. The molecular weight excluding hydrogens is 194 g/mol. The number of halogens is 1. The van der Waals surface area contributed by atoms with Crippen molar-refractivity contribution in [2.45, 2.75) is 30.1 Å². The fourth-order valence-electron chi connectivity index (χ4n) is 2.34. The molecule has 3 heteroatoms. The van der Waals surface area contributed by atoms with E-state index in [1.165, 1.54) is 19.3 Å². The summed E-state index contributed by atoms with van der Waals surface area (Å²) in [5.74, 6) is 1.35. The predicted octanol–water partition coefficient (Wildman–Crippen LogP) is 2.31. The summed E-state index contributed by atoms with van der Waals surface area (Å²) in [6, 6.07) is 0.0822. The van der Waals surface area contributed by atoms with Gasteiger partial charge >= 0.3 is 0 Å². The zero-order valence-corrected chi connectivity index (χ0v) is 7.25. The molecule has 0 aromatic rings. The first kappa shape index (κ1) is 6.77. The van der Waals surface area contributed by atoms with Gasteiger partial charge in [0.25, 0.3) is 0 Å². The van der Waals surface area contributed by atoms with Crippen LogP contribution in [0.25, 0.3) is 0 Å². The Morgan fingerprint density at radius 1 is 1.30 bits per heavy atom. The monoisotopic (exact) mass is 203 g/mol. The van der Waals surface area contributed by atoms with Crippen LogP contribution in [0, 0.1) is 16.7 Å². The molecule has 10 heavy (non-hydrogen) atoms. The van der Waals surface area contributed by atoms with Crippen LogP contribution >= 0.6 is 15.9 Å². The van der Waals surface area contributed by atoms with Crippen molar-refractivity contribution in [1.29, 1.82) is 0 Å². The maximum Gasteiger partial charge on any atom is 0.107 e. The lowest BCUT2D eigenvalue weighted by Gasteiger charge is -2.19. The van der Waals surface area contributed by atoms with Gasteiger partial charge < -0.3 is 0 Å². The quantitative estimate of drug-likeness (QED) is 0.476. The highest BCUT2D eigenvalue weighted by atomic mass is 79.9. The number of rotatable bonds is 1. The smallest absolute Gasteiger partial charge is 0.107 e. The van der Waals surface area contributed by atoms with Gasteiger partial charge in [0.2, 0.25) is 0 Å². The second-order valence-electron chi connectivity index (χ2n) is 3.37. The van der Waals surface area contributed by atoms with Gasteiger partial charge in [-0.2, -0.15) is 4.91 Å². The van der Waals surface area contributed by atoms with Gasteiger partial charge in [0.1, 0.15) is 6.04 Å². The average Bonchev–Trinajstić information content (AvgIpc) is 2.46. The number of hydrogen-bond donors (Lipinski definition) is 0. The van der Waals surface area contributed by atoms with Crippen LogP contribution in [0.2, 0.25) is 0 Å². The maximum absolute atomic E-state index is 10.3. The van der Waals surface area contributed by atoms with Crippen molar-refractivity contribution in [3.63, 3.8) is 0 Å². The van der Waals surface area contributed by atoms with Crippen molar-refractivity contribution >= 4 is 15.9 Å². The van der Waals surface area contributed by atoms with E-state index in [0.717, 1.165) is 5.92 Å². The van der Waals surface area contributed by atoms with Crippen LogP contribution in [0.1, 0.15) is 19.3 Å². The van der Waals surface area contributed by atoms with Gasteiger partial charge in [0.15, 0.2) is 0 Å². The SMILES string of the molecule is O=N[C@H]1[C@@H]2CC[C@H](C2)[C@H]1Br. The van der Waals surface area contributed by atoms with Crippen LogP contribution in [-0.4, -0.2) is 10.9 Å². The minimum absolute atomic E-state index is 0.0822. The third kappa shape index (κ3) is 0.760. The summed E-state index contributed by atoms with van der Waals surface area (Å²) in [7, 11) is 0. The Kier molecular flexibility index (Phi) is 1.55. The Labute approximate surface area is 68.5 Å². The van der Waals surface area contributed by atoms with E-state index in [-0.39, 0.29) is 6.04 Å². The van der Waals surface area contributed by atoms with Crippen LogP contribution in [0.5, 0.6) is 0 Å². The molecule has 0 unspecified atom stereocenters. The summed E-state index contributed by atoms with van der Waals surface area (Å²) in [6.45, 7) is 0. The van der Waals surface area contributed by atoms with Crippen LogP contribution < -0.4 is 0 Å². The summed E-state index contributed by atoms with van der Waals surface area (Å²) in [6.07, 6.45) is 3.75. The third-order valence-electron chi connectivity index (χ3n) is 2.90. The largest absolute Gasteiger partial charge is 0.150 e. The Morgan fingerprint density at radius 2 is 2.00 bits per heavy atom. The molecule has 0 radical (unpaired) electrons. The molecule has 2 bridgehead atoms.